The monoisotopic (exact) mass is 539 g/mol. The number of esters is 1. The SMILES string of the molecule is COC(=O)c1cc(OCC2CCN(C(=O)OC(C)(C)C)CC2)cc(OS(=O)(=O)c2ccccc2Cl)c1. The lowest BCUT2D eigenvalue weighted by Gasteiger charge is -2.33. The van der Waals surface area contributed by atoms with Crippen LogP contribution in [0.4, 0.5) is 4.79 Å². The molecule has 0 saturated carbocycles. The highest BCUT2D eigenvalue weighted by molar-refractivity contribution is 7.87. The Morgan fingerprint density at radius 1 is 1.06 bits per heavy atom. The first-order valence-electron chi connectivity index (χ1n) is 11.4. The van der Waals surface area contributed by atoms with Crippen LogP contribution in [-0.2, 0) is 19.6 Å². The maximum Gasteiger partial charge on any atom is 0.410 e. The summed E-state index contributed by atoms with van der Waals surface area (Å²) in [6.07, 6.45) is 1.08. The Morgan fingerprint density at radius 2 is 1.69 bits per heavy atom. The molecule has 1 saturated heterocycles. The van der Waals surface area contributed by atoms with Crippen LogP contribution in [0.15, 0.2) is 47.4 Å². The van der Waals surface area contributed by atoms with Gasteiger partial charge < -0.3 is 23.3 Å². The lowest BCUT2D eigenvalue weighted by atomic mass is 9.98. The van der Waals surface area contributed by atoms with Crippen molar-refractivity contribution in [3.05, 3.63) is 53.1 Å². The summed E-state index contributed by atoms with van der Waals surface area (Å²) in [5.41, 5.74) is -0.486. The summed E-state index contributed by atoms with van der Waals surface area (Å²) in [4.78, 5) is 25.9. The van der Waals surface area contributed by atoms with E-state index in [2.05, 4.69) is 0 Å². The summed E-state index contributed by atoms with van der Waals surface area (Å²) in [7, 11) is -3.04. The van der Waals surface area contributed by atoms with Gasteiger partial charge in [-0.25, -0.2) is 9.59 Å². The van der Waals surface area contributed by atoms with E-state index in [4.69, 9.17) is 30.0 Å². The molecular weight excluding hydrogens is 510 g/mol. The number of carbonyl (C=O) groups is 2. The minimum atomic E-state index is -4.26. The molecule has 1 heterocycles. The molecular formula is C25H30ClNO8S. The van der Waals surface area contributed by atoms with Crippen LogP contribution in [0.3, 0.4) is 0 Å². The molecule has 1 aliphatic heterocycles. The molecule has 2 aromatic rings. The van der Waals surface area contributed by atoms with E-state index in [0.29, 0.717) is 32.5 Å². The Kier molecular flexibility index (Phi) is 8.73. The Morgan fingerprint density at radius 3 is 2.31 bits per heavy atom. The molecule has 0 unspecified atom stereocenters. The fourth-order valence-corrected chi connectivity index (χ4v) is 4.99. The number of nitrogens with zero attached hydrogens (tertiary/aromatic N) is 1. The van der Waals surface area contributed by atoms with Gasteiger partial charge in [0.2, 0.25) is 0 Å². The van der Waals surface area contributed by atoms with Gasteiger partial charge >= 0.3 is 22.2 Å². The van der Waals surface area contributed by atoms with E-state index in [1.807, 2.05) is 20.8 Å². The van der Waals surface area contributed by atoms with Crippen molar-refractivity contribution in [2.24, 2.45) is 5.92 Å². The van der Waals surface area contributed by atoms with Crippen LogP contribution in [0.1, 0.15) is 44.0 Å². The van der Waals surface area contributed by atoms with Crippen molar-refractivity contribution in [3.8, 4) is 11.5 Å². The van der Waals surface area contributed by atoms with Crippen LogP contribution in [0, 0.1) is 5.92 Å². The molecule has 0 spiro atoms. The Labute approximate surface area is 216 Å². The smallest absolute Gasteiger partial charge is 0.410 e. The normalized spacial score (nSPS) is 14.8. The summed E-state index contributed by atoms with van der Waals surface area (Å²) >= 11 is 6.02. The molecule has 9 nitrogen and oxygen atoms in total. The van der Waals surface area contributed by atoms with Gasteiger partial charge in [0.25, 0.3) is 0 Å². The third-order valence-corrected chi connectivity index (χ3v) is 7.11. The molecule has 2 aromatic carbocycles. The van der Waals surface area contributed by atoms with Crippen LogP contribution in [0.25, 0.3) is 0 Å². The average molecular weight is 540 g/mol. The quantitative estimate of drug-likeness (QED) is 0.360. The second-order valence-electron chi connectivity index (χ2n) is 9.37. The number of carbonyl (C=O) groups excluding carboxylic acids is 2. The zero-order valence-corrected chi connectivity index (χ0v) is 22.2. The molecule has 0 bridgehead atoms. The number of rotatable bonds is 7. The minimum absolute atomic E-state index is 0.0100. The molecule has 36 heavy (non-hydrogen) atoms. The molecule has 1 fully saturated rings. The van der Waals surface area contributed by atoms with Gasteiger partial charge in [-0.15, -0.1) is 0 Å². The van der Waals surface area contributed by atoms with Crippen molar-refractivity contribution in [1.82, 2.24) is 4.90 Å². The molecule has 1 aliphatic rings. The summed E-state index contributed by atoms with van der Waals surface area (Å²) in [5.74, 6) is -0.391. The topological polar surface area (TPSA) is 108 Å². The van der Waals surface area contributed by atoms with E-state index >= 15 is 0 Å². The third-order valence-electron chi connectivity index (χ3n) is 5.36. The number of likely N-dealkylation sites (tertiary alicyclic amines) is 1. The van der Waals surface area contributed by atoms with Crippen LogP contribution in [-0.4, -0.2) is 57.8 Å². The molecule has 1 amide bonds. The first-order valence-corrected chi connectivity index (χ1v) is 13.2. The summed E-state index contributed by atoms with van der Waals surface area (Å²) in [5, 5.41) is 0.0100. The van der Waals surface area contributed by atoms with E-state index in [-0.39, 0.29) is 39.0 Å². The van der Waals surface area contributed by atoms with Crippen molar-refractivity contribution in [1.29, 1.82) is 0 Å². The van der Waals surface area contributed by atoms with Crippen molar-refractivity contribution in [2.75, 3.05) is 26.8 Å². The Hall–Kier alpha value is -2.98. The second kappa shape index (κ2) is 11.4. The fraction of sp³-hybridized carbons (Fsp3) is 0.440. The average Bonchev–Trinajstić information content (AvgIpc) is 2.81. The van der Waals surface area contributed by atoms with Crippen molar-refractivity contribution >= 4 is 33.8 Å². The lowest BCUT2D eigenvalue weighted by Crippen LogP contribution is -2.42. The molecule has 0 aliphatic carbocycles. The van der Waals surface area contributed by atoms with Gasteiger partial charge in [0.1, 0.15) is 22.0 Å². The zero-order chi connectivity index (χ0) is 26.5. The molecule has 0 aromatic heterocycles. The van der Waals surface area contributed by atoms with E-state index < -0.39 is 21.7 Å². The number of piperidine rings is 1. The summed E-state index contributed by atoms with van der Waals surface area (Å²) in [6, 6.07) is 9.98. The van der Waals surface area contributed by atoms with Gasteiger partial charge in [0.15, 0.2) is 0 Å². The second-order valence-corrected chi connectivity index (χ2v) is 11.3. The fourth-order valence-electron chi connectivity index (χ4n) is 3.58. The molecule has 11 heteroatoms. The van der Waals surface area contributed by atoms with Crippen molar-refractivity contribution < 1.29 is 36.4 Å². The van der Waals surface area contributed by atoms with E-state index in [1.165, 1.54) is 43.5 Å². The van der Waals surface area contributed by atoms with E-state index in [9.17, 15) is 18.0 Å². The van der Waals surface area contributed by atoms with Crippen LogP contribution >= 0.6 is 11.6 Å². The zero-order valence-electron chi connectivity index (χ0n) is 20.7. The number of amides is 1. The molecule has 0 radical (unpaired) electrons. The molecule has 0 atom stereocenters. The van der Waals surface area contributed by atoms with Gasteiger partial charge in [-0.2, -0.15) is 8.42 Å². The largest absolute Gasteiger partial charge is 0.493 e. The predicted molar refractivity (Wildman–Crippen MR) is 133 cm³/mol. The van der Waals surface area contributed by atoms with Crippen LogP contribution in [0.5, 0.6) is 11.5 Å². The van der Waals surface area contributed by atoms with Gasteiger partial charge in [0, 0.05) is 19.2 Å². The highest BCUT2D eigenvalue weighted by Gasteiger charge is 2.27. The number of methoxy groups -OCH3 is 1. The standard InChI is InChI=1S/C25H30ClNO8S/c1-25(2,3)34-24(29)27-11-9-17(10-12-27)16-33-19-13-18(23(28)32-4)14-20(15-19)35-36(30,31)22-8-6-5-7-21(22)26/h5-8,13-15,17H,9-12,16H2,1-4H3. The molecule has 0 N–H and O–H groups in total. The molecule has 196 valence electrons. The highest BCUT2D eigenvalue weighted by atomic mass is 35.5. The molecule has 3 rings (SSSR count). The minimum Gasteiger partial charge on any atom is -0.493 e. The van der Waals surface area contributed by atoms with Gasteiger partial charge in [-0.1, -0.05) is 23.7 Å². The third kappa shape index (κ3) is 7.51. The number of benzene rings is 2. The number of hydrogen-bond acceptors (Lipinski definition) is 8. The van der Waals surface area contributed by atoms with Crippen LogP contribution < -0.4 is 8.92 Å². The van der Waals surface area contributed by atoms with Gasteiger partial charge in [-0.05, 0) is 63.8 Å². The van der Waals surface area contributed by atoms with Crippen molar-refractivity contribution in [3.63, 3.8) is 0 Å². The summed E-state index contributed by atoms with van der Waals surface area (Å²) < 4.78 is 46.9. The maximum absolute atomic E-state index is 12.8. The first-order chi connectivity index (χ1) is 16.9. The Bertz CT molecular complexity index is 1200. The van der Waals surface area contributed by atoms with Crippen molar-refractivity contribution in [2.45, 2.75) is 44.1 Å². The number of hydrogen-bond donors (Lipinski definition) is 0. The highest BCUT2D eigenvalue weighted by Crippen LogP contribution is 2.30. The Balaban J connectivity index is 1.69. The first kappa shape index (κ1) is 27.6. The summed E-state index contributed by atoms with van der Waals surface area (Å²) in [6.45, 7) is 6.86. The van der Waals surface area contributed by atoms with Crippen LogP contribution in [0.2, 0.25) is 5.02 Å². The van der Waals surface area contributed by atoms with Gasteiger partial charge in [0.05, 0.1) is 24.3 Å². The maximum atomic E-state index is 12.8. The lowest BCUT2D eigenvalue weighted by molar-refractivity contribution is 0.0164. The predicted octanol–water partition coefficient (Wildman–Crippen LogP) is 4.92. The number of halogens is 1. The van der Waals surface area contributed by atoms with E-state index in [1.54, 1.807) is 11.0 Å². The van der Waals surface area contributed by atoms with E-state index in [0.717, 1.165) is 0 Å². The van der Waals surface area contributed by atoms with Gasteiger partial charge in [-0.3, -0.25) is 0 Å². The number of ether oxygens (including phenoxy) is 3.